The molecule has 1 unspecified atom stereocenters. The van der Waals surface area contributed by atoms with Gasteiger partial charge in [0.2, 0.25) is 5.91 Å². The van der Waals surface area contributed by atoms with Crippen LogP contribution in [0, 0.1) is 0 Å². The van der Waals surface area contributed by atoms with Gasteiger partial charge in [-0.25, -0.2) is 0 Å². The minimum atomic E-state index is 0.0442. The third-order valence-electron chi connectivity index (χ3n) is 6.22. The average molecular weight is 382 g/mol. The van der Waals surface area contributed by atoms with Crippen molar-refractivity contribution in [3.05, 3.63) is 36.5 Å². The Morgan fingerprint density at radius 1 is 1.11 bits per heavy atom. The van der Waals surface area contributed by atoms with E-state index in [0.717, 1.165) is 61.7 Å². The topological polar surface area (TPSA) is 54.5 Å². The fraction of sp³-hybridized carbons (Fsp3) is 0.565. The number of rotatable bonds is 4. The van der Waals surface area contributed by atoms with Crippen LogP contribution in [0.3, 0.4) is 0 Å². The Kier molecular flexibility index (Phi) is 6.10. The lowest BCUT2D eigenvalue weighted by atomic mass is 9.92. The van der Waals surface area contributed by atoms with E-state index in [-0.39, 0.29) is 24.1 Å². The van der Waals surface area contributed by atoms with Gasteiger partial charge < -0.3 is 10.1 Å². The maximum absolute atomic E-state index is 12.7. The Bertz CT molecular complexity index is 801. The molecule has 2 fully saturated rings. The highest BCUT2D eigenvalue weighted by molar-refractivity contribution is 5.82. The summed E-state index contributed by atoms with van der Waals surface area (Å²) in [7, 11) is 2.08. The number of likely N-dealkylation sites (tertiary alicyclic amines) is 1. The molecule has 2 heterocycles. The first-order valence-corrected chi connectivity index (χ1v) is 10.7. The van der Waals surface area contributed by atoms with E-state index in [1.54, 1.807) is 0 Å². The first-order chi connectivity index (χ1) is 13.7. The number of amides is 1. The van der Waals surface area contributed by atoms with Crippen molar-refractivity contribution in [1.82, 2.24) is 15.2 Å². The quantitative estimate of drug-likeness (QED) is 0.872. The molecule has 1 N–H and O–H groups in total. The second-order valence-electron chi connectivity index (χ2n) is 8.30. The van der Waals surface area contributed by atoms with E-state index < -0.39 is 0 Å². The van der Waals surface area contributed by atoms with Gasteiger partial charge in [0.15, 0.2) is 0 Å². The third kappa shape index (κ3) is 4.64. The van der Waals surface area contributed by atoms with Crippen LogP contribution >= 0.6 is 0 Å². The van der Waals surface area contributed by atoms with E-state index in [9.17, 15) is 4.79 Å². The molecule has 0 radical (unpaired) electrons. The van der Waals surface area contributed by atoms with Crippen molar-refractivity contribution in [3.63, 3.8) is 0 Å². The number of pyridine rings is 1. The number of nitrogens with zero attached hydrogens (tertiary/aromatic N) is 2. The van der Waals surface area contributed by atoms with Gasteiger partial charge in [-0.2, -0.15) is 0 Å². The van der Waals surface area contributed by atoms with Crippen LogP contribution in [0.1, 0.15) is 51.4 Å². The summed E-state index contributed by atoms with van der Waals surface area (Å²) >= 11 is 0. The van der Waals surface area contributed by atoms with Gasteiger partial charge in [0.1, 0.15) is 5.75 Å². The number of carbonyl (C=O) groups excluding carboxylic acids is 1. The van der Waals surface area contributed by atoms with Crippen LogP contribution in [-0.4, -0.2) is 47.6 Å². The molecule has 2 aliphatic rings. The van der Waals surface area contributed by atoms with Crippen LogP contribution in [0.4, 0.5) is 0 Å². The zero-order valence-corrected chi connectivity index (χ0v) is 16.8. The van der Waals surface area contributed by atoms with Crippen molar-refractivity contribution >= 4 is 16.8 Å². The van der Waals surface area contributed by atoms with E-state index in [0.29, 0.717) is 0 Å². The maximum Gasteiger partial charge on any atom is 0.237 e. The van der Waals surface area contributed by atoms with E-state index in [1.807, 2.05) is 24.4 Å². The largest absolute Gasteiger partial charge is 0.490 e. The fourth-order valence-corrected chi connectivity index (χ4v) is 4.53. The van der Waals surface area contributed by atoms with Gasteiger partial charge >= 0.3 is 0 Å². The summed E-state index contributed by atoms with van der Waals surface area (Å²) in [6.45, 7) is 1.03. The Hall–Kier alpha value is -2.14. The molecule has 5 nitrogen and oxygen atoms in total. The first kappa shape index (κ1) is 19.2. The number of hydrogen-bond donors (Lipinski definition) is 1. The molecule has 2 aromatic rings. The van der Waals surface area contributed by atoms with Crippen molar-refractivity contribution in [3.8, 4) is 5.75 Å². The highest BCUT2D eigenvalue weighted by atomic mass is 16.5. The predicted molar refractivity (Wildman–Crippen MR) is 111 cm³/mol. The van der Waals surface area contributed by atoms with Crippen LogP contribution in [0.15, 0.2) is 36.5 Å². The summed E-state index contributed by atoms with van der Waals surface area (Å²) in [6, 6.07) is 10.4. The highest BCUT2D eigenvalue weighted by Gasteiger charge is 2.29. The zero-order valence-electron chi connectivity index (χ0n) is 16.8. The lowest BCUT2D eigenvalue weighted by molar-refractivity contribution is -0.127. The number of fused-ring (bicyclic) bond motifs is 1. The molecule has 1 aromatic carbocycles. The Morgan fingerprint density at radius 2 is 1.96 bits per heavy atom. The monoisotopic (exact) mass is 381 g/mol. The standard InChI is InChI=1S/C23H31N3O2/c1-26-15-4-2-3-7-22(26)23(27)25-18-8-10-19(11-9-18)28-20-12-13-21-17(16-20)6-5-14-24-21/h5-6,12-14,16,18-19,22H,2-4,7-11,15H2,1H3,(H,25,27). The Morgan fingerprint density at radius 3 is 2.82 bits per heavy atom. The van der Waals surface area contributed by atoms with E-state index in [2.05, 4.69) is 34.4 Å². The van der Waals surface area contributed by atoms with E-state index in [1.165, 1.54) is 12.8 Å². The van der Waals surface area contributed by atoms with Gasteiger partial charge in [-0.1, -0.05) is 18.9 Å². The van der Waals surface area contributed by atoms with Crippen LogP contribution in [-0.2, 0) is 4.79 Å². The number of carbonyl (C=O) groups is 1. The lowest BCUT2D eigenvalue weighted by Crippen LogP contribution is -2.49. The van der Waals surface area contributed by atoms with Crippen LogP contribution in [0.5, 0.6) is 5.75 Å². The van der Waals surface area contributed by atoms with Crippen LogP contribution in [0.25, 0.3) is 10.9 Å². The molecular formula is C23H31N3O2. The normalized spacial score (nSPS) is 26.5. The predicted octanol–water partition coefficient (Wildman–Crippen LogP) is 3.92. The molecule has 1 atom stereocenters. The molecule has 150 valence electrons. The molecule has 28 heavy (non-hydrogen) atoms. The van der Waals surface area contributed by atoms with Crippen molar-refractivity contribution in [2.45, 2.75) is 69.6 Å². The van der Waals surface area contributed by atoms with Crippen molar-refractivity contribution < 1.29 is 9.53 Å². The van der Waals surface area contributed by atoms with Gasteiger partial charge in [-0.05, 0) is 76.4 Å². The minimum absolute atomic E-state index is 0.0442. The van der Waals surface area contributed by atoms with Gasteiger partial charge in [-0.3, -0.25) is 14.7 Å². The number of hydrogen-bond acceptors (Lipinski definition) is 4. The van der Waals surface area contributed by atoms with E-state index in [4.69, 9.17) is 4.74 Å². The molecule has 0 bridgehead atoms. The summed E-state index contributed by atoms with van der Waals surface area (Å²) < 4.78 is 6.22. The molecular weight excluding hydrogens is 350 g/mol. The lowest BCUT2D eigenvalue weighted by Gasteiger charge is -2.32. The van der Waals surface area contributed by atoms with E-state index >= 15 is 0 Å². The van der Waals surface area contributed by atoms with Gasteiger partial charge in [0.25, 0.3) is 0 Å². The number of nitrogens with one attached hydrogen (secondary N) is 1. The van der Waals surface area contributed by atoms with Crippen LogP contribution in [0.2, 0.25) is 0 Å². The summed E-state index contributed by atoms with van der Waals surface area (Å²) in [5, 5.41) is 4.42. The Labute approximate surface area is 167 Å². The summed E-state index contributed by atoms with van der Waals surface area (Å²) in [6.07, 6.45) is 10.6. The van der Waals surface area contributed by atoms with Crippen molar-refractivity contribution in [2.24, 2.45) is 0 Å². The smallest absolute Gasteiger partial charge is 0.237 e. The molecule has 4 rings (SSSR count). The second-order valence-corrected chi connectivity index (χ2v) is 8.30. The van der Waals surface area contributed by atoms with Crippen molar-refractivity contribution in [1.29, 1.82) is 0 Å². The SMILES string of the molecule is CN1CCCCCC1C(=O)NC1CCC(Oc2ccc3ncccc3c2)CC1. The molecule has 0 spiro atoms. The number of ether oxygens (including phenoxy) is 1. The summed E-state index contributed by atoms with van der Waals surface area (Å²) in [5.41, 5.74) is 0.991. The molecule has 1 saturated heterocycles. The third-order valence-corrected chi connectivity index (χ3v) is 6.22. The second kappa shape index (κ2) is 8.91. The van der Waals surface area contributed by atoms with Gasteiger partial charge in [0.05, 0.1) is 17.7 Å². The van der Waals surface area contributed by atoms with Crippen molar-refractivity contribution in [2.75, 3.05) is 13.6 Å². The molecule has 1 saturated carbocycles. The molecule has 1 aliphatic heterocycles. The molecule has 1 aromatic heterocycles. The first-order valence-electron chi connectivity index (χ1n) is 10.7. The Balaban J connectivity index is 1.27. The molecule has 1 aliphatic carbocycles. The number of likely N-dealkylation sites (N-methyl/N-ethyl adjacent to an activating group) is 1. The van der Waals surface area contributed by atoms with Gasteiger partial charge in [0, 0.05) is 17.6 Å². The highest BCUT2D eigenvalue weighted by Crippen LogP contribution is 2.26. The summed E-state index contributed by atoms with van der Waals surface area (Å²) in [5.74, 6) is 1.13. The maximum atomic E-state index is 12.7. The fourth-order valence-electron chi connectivity index (χ4n) is 4.53. The zero-order chi connectivity index (χ0) is 19.3. The molecule has 1 amide bonds. The minimum Gasteiger partial charge on any atom is -0.490 e. The van der Waals surface area contributed by atoms with Gasteiger partial charge in [-0.15, -0.1) is 0 Å². The molecule has 5 heteroatoms. The average Bonchev–Trinajstić information content (AvgIpc) is 2.94. The number of aromatic nitrogens is 1. The van der Waals surface area contributed by atoms with Crippen LogP contribution < -0.4 is 10.1 Å². The number of benzene rings is 1. The summed E-state index contributed by atoms with van der Waals surface area (Å²) in [4.78, 5) is 19.3.